The Morgan fingerprint density at radius 1 is 1.37 bits per heavy atom. The minimum atomic E-state index is -0.519. The van der Waals surface area contributed by atoms with Crippen LogP contribution in [0.3, 0.4) is 0 Å². The second-order valence-corrected chi connectivity index (χ2v) is 6.56. The molecule has 1 aliphatic rings. The third kappa shape index (κ3) is 4.20. The van der Waals surface area contributed by atoms with Gasteiger partial charge in [-0.2, -0.15) is 0 Å². The molecule has 1 rings (SSSR count). The van der Waals surface area contributed by atoms with Gasteiger partial charge in [-0.15, -0.1) is 0 Å². The Hall–Kier alpha value is -1.10. The Balaban J connectivity index is 2.56. The molecule has 0 saturated carbocycles. The number of likely N-dealkylation sites (tertiary alicyclic amines) is 1. The van der Waals surface area contributed by atoms with E-state index in [4.69, 9.17) is 0 Å². The molecule has 3 unspecified atom stereocenters. The van der Waals surface area contributed by atoms with Crippen molar-refractivity contribution in [3.63, 3.8) is 0 Å². The topological polar surface area (TPSA) is 69.6 Å². The molecule has 19 heavy (non-hydrogen) atoms. The lowest BCUT2D eigenvalue weighted by molar-refractivity contribution is -0.140. The Kier molecular flexibility index (Phi) is 4.96. The lowest BCUT2D eigenvalue weighted by Crippen LogP contribution is -2.53. The van der Waals surface area contributed by atoms with E-state index >= 15 is 0 Å². The number of piperidine rings is 1. The van der Waals surface area contributed by atoms with E-state index in [0.717, 1.165) is 0 Å². The summed E-state index contributed by atoms with van der Waals surface area (Å²) < 4.78 is 0. The van der Waals surface area contributed by atoms with Crippen molar-refractivity contribution in [3.05, 3.63) is 0 Å². The van der Waals surface area contributed by atoms with Crippen LogP contribution in [0.4, 0.5) is 0 Å². The van der Waals surface area contributed by atoms with Crippen LogP contribution in [-0.2, 0) is 9.59 Å². The third-order valence-electron chi connectivity index (χ3n) is 3.57. The van der Waals surface area contributed by atoms with E-state index in [1.54, 1.807) is 11.8 Å². The molecule has 0 bridgehead atoms. The number of carbonyl (C=O) groups excluding carboxylic acids is 2. The molecular formula is C14H26N2O3. The van der Waals surface area contributed by atoms with Gasteiger partial charge in [-0.1, -0.05) is 27.7 Å². The lowest BCUT2D eigenvalue weighted by Gasteiger charge is -2.36. The smallest absolute Gasteiger partial charge is 0.244 e. The molecule has 3 atom stereocenters. The zero-order valence-electron chi connectivity index (χ0n) is 12.6. The van der Waals surface area contributed by atoms with Crippen LogP contribution in [0.1, 0.15) is 41.0 Å². The minimum Gasteiger partial charge on any atom is -0.393 e. The molecule has 1 fully saturated rings. The molecule has 5 heteroatoms. The zero-order chi connectivity index (χ0) is 14.8. The summed E-state index contributed by atoms with van der Waals surface area (Å²) in [5, 5.41) is 12.4. The first-order chi connectivity index (χ1) is 8.62. The Morgan fingerprint density at radius 3 is 2.42 bits per heavy atom. The number of aliphatic hydroxyl groups is 1. The highest BCUT2D eigenvalue weighted by molar-refractivity contribution is 5.89. The van der Waals surface area contributed by atoms with Crippen LogP contribution in [0.5, 0.6) is 0 Å². The van der Waals surface area contributed by atoms with Crippen molar-refractivity contribution in [1.29, 1.82) is 0 Å². The number of aliphatic hydroxyl groups excluding tert-OH is 1. The van der Waals surface area contributed by atoms with Crippen LogP contribution in [0.2, 0.25) is 0 Å². The predicted molar refractivity (Wildman–Crippen MR) is 73.4 cm³/mol. The Labute approximate surface area is 115 Å². The van der Waals surface area contributed by atoms with Crippen molar-refractivity contribution >= 4 is 11.8 Å². The van der Waals surface area contributed by atoms with Crippen molar-refractivity contribution in [1.82, 2.24) is 10.2 Å². The molecule has 5 nitrogen and oxygen atoms in total. The van der Waals surface area contributed by atoms with Gasteiger partial charge in [-0.3, -0.25) is 9.59 Å². The first kappa shape index (κ1) is 16.0. The fourth-order valence-electron chi connectivity index (χ4n) is 2.08. The van der Waals surface area contributed by atoms with Gasteiger partial charge in [-0.25, -0.2) is 0 Å². The molecule has 1 aliphatic heterocycles. The molecule has 0 aromatic heterocycles. The third-order valence-corrected chi connectivity index (χ3v) is 3.57. The molecular weight excluding hydrogens is 244 g/mol. The van der Waals surface area contributed by atoms with Crippen LogP contribution < -0.4 is 5.32 Å². The van der Waals surface area contributed by atoms with Crippen molar-refractivity contribution in [3.8, 4) is 0 Å². The van der Waals surface area contributed by atoms with Crippen LogP contribution in [0, 0.1) is 11.3 Å². The molecule has 1 saturated heterocycles. The number of nitrogens with one attached hydrogen (secondary N) is 1. The van der Waals surface area contributed by atoms with Gasteiger partial charge in [0, 0.05) is 18.5 Å². The number of hydrogen-bond acceptors (Lipinski definition) is 3. The highest BCUT2D eigenvalue weighted by Gasteiger charge is 2.31. The van der Waals surface area contributed by atoms with Crippen molar-refractivity contribution in [2.75, 3.05) is 13.1 Å². The summed E-state index contributed by atoms with van der Waals surface area (Å²) in [5.74, 6) is -0.113. The second-order valence-electron chi connectivity index (χ2n) is 6.56. The van der Waals surface area contributed by atoms with Gasteiger partial charge in [0.15, 0.2) is 0 Å². The van der Waals surface area contributed by atoms with E-state index < -0.39 is 11.5 Å². The standard InChI is InChI=1S/C14H26N2O3/c1-9-8-16(7-6-11(9)17)12(18)10(2)15-13(19)14(3,4)5/h9-11,17H,6-8H2,1-5H3,(H,15,19). The quantitative estimate of drug-likeness (QED) is 0.778. The molecule has 0 spiro atoms. The maximum absolute atomic E-state index is 12.2. The fourth-order valence-corrected chi connectivity index (χ4v) is 2.08. The molecule has 0 aliphatic carbocycles. The average Bonchev–Trinajstić information content (AvgIpc) is 2.30. The number of nitrogens with zero attached hydrogens (tertiary/aromatic N) is 1. The maximum atomic E-state index is 12.2. The fraction of sp³-hybridized carbons (Fsp3) is 0.857. The summed E-state index contributed by atoms with van der Waals surface area (Å²) in [6.45, 7) is 10.2. The molecule has 0 aromatic carbocycles. The summed E-state index contributed by atoms with van der Waals surface area (Å²) in [6, 6.07) is -0.519. The van der Waals surface area contributed by atoms with E-state index in [9.17, 15) is 14.7 Å². The monoisotopic (exact) mass is 270 g/mol. The van der Waals surface area contributed by atoms with Crippen LogP contribution in [0.25, 0.3) is 0 Å². The highest BCUT2D eigenvalue weighted by atomic mass is 16.3. The predicted octanol–water partition coefficient (Wildman–Crippen LogP) is 0.766. The van der Waals surface area contributed by atoms with Gasteiger partial charge >= 0.3 is 0 Å². The molecule has 0 aromatic rings. The van der Waals surface area contributed by atoms with Crippen LogP contribution in [0.15, 0.2) is 0 Å². The van der Waals surface area contributed by atoms with Gasteiger partial charge in [0.1, 0.15) is 6.04 Å². The minimum absolute atomic E-state index is 0.0728. The van der Waals surface area contributed by atoms with Gasteiger partial charge in [-0.05, 0) is 19.3 Å². The first-order valence-corrected chi connectivity index (χ1v) is 6.90. The van der Waals surface area contributed by atoms with E-state index in [1.165, 1.54) is 0 Å². The lowest BCUT2D eigenvalue weighted by atomic mass is 9.94. The normalized spacial score (nSPS) is 25.9. The zero-order valence-corrected chi connectivity index (χ0v) is 12.6. The van der Waals surface area contributed by atoms with E-state index in [-0.39, 0.29) is 23.8 Å². The Morgan fingerprint density at radius 2 is 1.95 bits per heavy atom. The summed E-state index contributed by atoms with van der Waals surface area (Å²) in [7, 11) is 0. The largest absolute Gasteiger partial charge is 0.393 e. The molecule has 2 N–H and O–H groups in total. The second kappa shape index (κ2) is 5.90. The van der Waals surface area contributed by atoms with E-state index in [2.05, 4.69) is 5.32 Å². The van der Waals surface area contributed by atoms with E-state index in [0.29, 0.717) is 19.5 Å². The van der Waals surface area contributed by atoms with Crippen LogP contribution >= 0.6 is 0 Å². The summed E-state index contributed by atoms with van der Waals surface area (Å²) >= 11 is 0. The summed E-state index contributed by atoms with van der Waals surface area (Å²) in [4.78, 5) is 25.8. The average molecular weight is 270 g/mol. The molecule has 1 heterocycles. The number of hydrogen-bond donors (Lipinski definition) is 2. The molecule has 2 amide bonds. The number of rotatable bonds is 2. The van der Waals surface area contributed by atoms with Crippen molar-refractivity contribution in [2.45, 2.75) is 53.2 Å². The first-order valence-electron chi connectivity index (χ1n) is 6.90. The van der Waals surface area contributed by atoms with Crippen molar-refractivity contribution < 1.29 is 14.7 Å². The maximum Gasteiger partial charge on any atom is 0.244 e. The Bertz CT molecular complexity index is 349. The molecule has 110 valence electrons. The SMILES string of the molecule is CC(NC(=O)C(C)(C)C)C(=O)N1CCC(O)C(C)C1. The number of amides is 2. The summed E-state index contributed by atoms with van der Waals surface area (Å²) in [6.07, 6.45) is 0.274. The van der Waals surface area contributed by atoms with Crippen molar-refractivity contribution in [2.24, 2.45) is 11.3 Å². The number of carbonyl (C=O) groups is 2. The van der Waals surface area contributed by atoms with Crippen LogP contribution in [-0.4, -0.2) is 47.1 Å². The highest BCUT2D eigenvalue weighted by Crippen LogP contribution is 2.18. The van der Waals surface area contributed by atoms with Gasteiger partial charge in [0.25, 0.3) is 0 Å². The van der Waals surface area contributed by atoms with Gasteiger partial charge < -0.3 is 15.3 Å². The van der Waals surface area contributed by atoms with Gasteiger partial charge in [0.2, 0.25) is 11.8 Å². The molecule has 0 radical (unpaired) electrons. The summed E-state index contributed by atoms with van der Waals surface area (Å²) in [5.41, 5.74) is -0.500. The van der Waals surface area contributed by atoms with E-state index in [1.807, 2.05) is 27.7 Å². The van der Waals surface area contributed by atoms with Gasteiger partial charge in [0.05, 0.1) is 6.10 Å².